The highest BCUT2D eigenvalue weighted by atomic mass is 32.2. The molecule has 4 rings (SSSR count). The van der Waals surface area contributed by atoms with Gasteiger partial charge >= 0.3 is 0 Å². The maximum Gasteiger partial charge on any atom is 0.264 e. The second-order valence-electron chi connectivity index (χ2n) is 10.7. The Morgan fingerprint density at radius 3 is 2.08 bits per heavy atom. The minimum atomic E-state index is -4.06. The van der Waals surface area contributed by atoms with Crippen molar-refractivity contribution < 1.29 is 18.0 Å². The summed E-state index contributed by atoms with van der Waals surface area (Å²) in [6.07, 6.45) is 4.58. The summed E-state index contributed by atoms with van der Waals surface area (Å²) in [5.41, 5.74) is 3.23. The van der Waals surface area contributed by atoms with Crippen LogP contribution in [-0.2, 0) is 26.0 Å². The van der Waals surface area contributed by atoms with E-state index < -0.39 is 28.5 Å². The molecule has 0 bridgehead atoms. The van der Waals surface area contributed by atoms with Gasteiger partial charge in [0.1, 0.15) is 12.6 Å². The first kappa shape index (κ1) is 29.3. The van der Waals surface area contributed by atoms with Crippen molar-refractivity contribution in [1.29, 1.82) is 0 Å². The predicted molar refractivity (Wildman–Crippen MR) is 159 cm³/mol. The molecular weight excluding hydrogens is 522 g/mol. The van der Waals surface area contributed by atoms with Gasteiger partial charge in [-0.1, -0.05) is 67.4 Å². The standard InChI is InChI=1S/C32H39N3O4S/c1-24-20-25(2)22-29(21-24)35(40(38,39)30-16-8-5-9-17-30)23-31(36)34(19-18-27-12-6-4-7-13-27)26(3)32(37)33-28-14-10-11-15-28/h4-9,12-13,16-17,20-22,26,28H,10-11,14-15,18-19,23H2,1-3H3,(H,33,37). The van der Waals surface area contributed by atoms with Crippen molar-refractivity contribution in [3.05, 3.63) is 95.6 Å². The number of amides is 2. The fraction of sp³-hybridized carbons (Fsp3) is 0.375. The molecule has 0 aliphatic heterocycles. The molecule has 7 nitrogen and oxygen atoms in total. The molecule has 0 saturated heterocycles. The van der Waals surface area contributed by atoms with E-state index in [9.17, 15) is 18.0 Å². The molecule has 8 heteroatoms. The number of hydrogen-bond donors (Lipinski definition) is 1. The first-order valence-electron chi connectivity index (χ1n) is 13.9. The molecule has 0 heterocycles. The van der Waals surface area contributed by atoms with Crippen LogP contribution in [0.2, 0.25) is 0 Å². The lowest BCUT2D eigenvalue weighted by Gasteiger charge is -2.32. The molecule has 212 valence electrons. The third kappa shape index (κ3) is 7.30. The van der Waals surface area contributed by atoms with Gasteiger partial charge in [0.05, 0.1) is 10.6 Å². The van der Waals surface area contributed by atoms with E-state index in [0.29, 0.717) is 12.1 Å². The predicted octanol–water partition coefficient (Wildman–Crippen LogP) is 5.02. The minimum absolute atomic E-state index is 0.102. The summed E-state index contributed by atoms with van der Waals surface area (Å²) in [5.74, 6) is -0.638. The summed E-state index contributed by atoms with van der Waals surface area (Å²) in [4.78, 5) is 28.9. The summed E-state index contributed by atoms with van der Waals surface area (Å²) in [6, 6.07) is 22.8. The van der Waals surface area contributed by atoms with Gasteiger partial charge in [0.25, 0.3) is 10.0 Å². The molecule has 1 aliphatic rings. The summed E-state index contributed by atoms with van der Waals surface area (Å²) in [7, 11) is -4.06. The van der Waals surface area contributed by atoms with E-state index in [-0.39, 0.29) is 23.4 Å². The number of sulfonamides is 1. The number of carbonyl (C=O) groups excluding carboxylic acids is 2. The molecule has 1 aliphatic carbocycles. The molecule has 0 spiro atoms. The number of anilines is 1. The largest absolute Gasteiger partial charge is 0.352 e. The van der Waals surface area contributed by atoms with Gasteiger partial charge in [-0.05, 0) is 81.0 Å². The van der Waals surface area contributed by atoms with Crippen molar-refractivity contribution >= 4 is 27.5 Å². The van der Waals surface area contributed by atoms with Gasteiger partial charge in [-0.2, -0.15) is 0 Å². The zero-order valence-corrected chi connectivity index (χ0v) is 24.4. The van der Waals surface area contributed by atoms with Crippen LogP contribution in [0.3, 0.4) is 0 Å². The molecule has 1 unspecified atom stereocenters. The third-order valence-corrected chi connectivity index (χ3v) is 9.25. The highest BCUT2D eigenvalue weighted by Gasteiger charge is 2.33. The zero-order chi connectivity index (χ0) is 28.7. The Kier molecular flexibility index (Phi) is 9.63. The molecule has 40 heavy (non-hydrogen) atoms. The molecular formula is C32H39N3O4S. The number of nitrogens with zero attached hydrogens (tertiary/aromatic N) is 2. The maximum atomic E-state index is 14.0. The molecule has 3 aromatic rings. The van der Waals surface area contributed by atoms with Gasteiger partial charge in [-0.25, -0.2) is 8.42 Å². The average Bonchev–Trinajstić information content (AvgIpc) is 3.45. The van der Waals surface area contributed by atoms with Crippen LogP contribution in [0.4, 0.5) is 5.69 Å². The number of hydrogen-bond acceptors (Lipinski definition) is 4. The highest BCUT2D eigenvalue weighted by molar-refractivity contribution is 7.92. The summed E-state index contributed by atoms with van der Waals surface area (Å²) >= 11 is 0. The first-order valence-corrected chi connectivity index (χ1v) is 15.4. The van der Waals surface area contributed by atoms with E-state index >= 15 is 0 Å². The van der Waals surface area contributed by atoms with Gasteiger partial charge in [-0.15, -0.1) is 0 Å². The fourth-order valence-electron chi connectivity index (χ4n) is 5.31. The molecule has 1 saturated carbocycles. The van der Waals surface area contributed by atoms with Crippen molar-refractivity contribution in [3.63, 3.8) is 0 Å². The van der Waals surface area contributed by atoms with Crippen LogP contribution >= 0.6 is 0 Å². The van der Waals surface area contributed by atoms with Crippen molar-refractivity contribution in [2.24, 2.45) is 0 Å². The molecule has 2 amide bonds. The number of benzene rings is 3. The highest BCUT2D eigenvalue weighted by Crippen LogP contribution is 2.26. The van der Waals surface area contributed by atoms with Gasteiger partial charge in [0, 0.05) is 12.6 Å². The Balaban J connectivity index is 1.66. The first-order chi connectivity index (χ1) is 19.1. The normalized spacial score (nSPS) is 14.5. The van der Waals surface area contributed by atoms with Gasteiger partial charge in [0.2, 0.25) is 11.8 Å². The van der Waals surface area contributed by atoms with E-state index in [1.165, 1.54) is 21.3 Å². The number of carbonyl (C=O) groups is 2. The van der Waals surface area contributed by atoms with Crippen LogP contribution in [0.5, 0.6) is 0 Å². The molecule has 1 fully saturated rings. The van der Waals surface area contributed by atoms with Crippen molar-refractivity contribution in [1.82, 2.24) is 10.2 Å². The molecule has 0 aromatic heterocycles. The SMILES string of the molecule is Cc1cc(C)cc(N(CC(=O)N(CCc2ccccc2)C(C)C(=O)NC2CCCC2)S(=O)(=O)c2ccccc2)c1. The Hall–Kier alpha value is -3.65. The van der Waals surface area contributed by atoms with Crippen LogP contribution in [0, 0.1) is 13.8 Å². The monoisotopic (exact) mass is 561 g/mol. The van der Waals surface area contributed by atoms with E-state index in [2.05, 4.69) is 5.32 Å². The zero-order valence-electron chi connectivity index (χ0n) is 23.5. The van der Waals surface area contributed by atoms with Crippen LogP contribution in [0.1, 0.15) is 49.3 Å². The average molecular weight is 562 g/mol. The van der Waals surface area contributed by atoms with Crippen molar-refractivity contribution in [3.8, 4) is 0 Å². The maximum absolute atomic E-state index is 14.0. The van der Waals surface area contributed by atoms with E-state index in [4.69, 9.17) is 0 Å². The topological polar surface area (TPSA) is 86.8 Å². The summed E-state index contributed by atoms with van der Waals surface area (Å²) in [6.45, 7) is 5.38. The van der Waals surface area contributed by atoms with E-state index in [1.54, 1.807) is 37.3 Å². The molecule has 3 aromatic carbocycles. The molecule has 1 N–H and O–H groups in total. The lowest BCUT2D eigenvalue weighted by atomic mass is 10.1. The van der Waals surface area contributed by atoms with Gasteiger partial charge in [0.15, 0.2) is 0 Å². The number of nitrogens with one attached hydrogen (secondary N) is 1. The molecule has 1 atom stereocenters. The van der Waals surface area contributed by atoms with Crippen LogP contribution in [0.15, 0.2) is 83.8 Å². The van der Waals surface area contributed by atoms with E-state index in [1.807, 2.05) is 50.2 Å². The summed E-state index contributed by atoms with van der Waals surface area (Å²) < 4.78 is 29.0. The lowest BCUT2D eigenvalue weighted by molar-refractivity contribution is -0.139. The van der Waals surface area contributed by atoms with Crippen molar-refractivity contribution in [2.75, 3.05) is 17.4 Å². The Bertz CT molecular complexity index is 1380. The Morgan fingerprint density at radius 1 is 0.900 bits per heavy atom. The van der Waals surface area contributed by atoms with Crippen LogP contribution in [0.25, 0.3) is 0 Å². The second-order valence-corrected chi connectivity index (χ2v) is 12.5. The lowest BCUT2D eigenvalue weighted by Crippen LogP contribution is -2.53. The smallest absolute Gasteiger partial charge is 0.264 e. The number of rotatable bonds is 11. The number of aryl methyl sites for hydroxylation is 2. The quantitative estimate of drug-likeness (QED) is 0.356. The Morgan fingerprint density at radius 2 is 1.48 bits per heavy atom. The van der Waals surface area contributed by atoms with Crippen LogP contribution < -0.4 is 9.62 Å². The van der Waals surface area contributed by atoms with Gasteiger partial charge < -0.3 is 10.2 Å². The molecule has 0 radical (unpaired) electrons. The summed E-state index contributed by atoms with van der Waals surface area (Å²) in [5, 5.41) is 3.10. The van der Waals surface area contributed by atoms with Crippen molar-refractivity contribution in [2.45, 2.75) is 69.9 Å². The Labute approximate surface area is 238 Å². The van der Waals surface area contributed by atoms with Gasteiger partial charge in [-0.3, -0.25) is 13.9 Å². The minimum Gasteiger partial charge on any atom is -0.352 e. The second kappa shape index (κ2) is 13.1. The van der Waals surface area contributed by atoms with E-state index in [0.717, 1.165) is 42.4 Å². The van der Waals surface area contributed by atoms with Crippen LogP contribution in [-0.4, -0.2) is 50.3 Å². The third-order valence-electron chi connectivity index (χ3n) is 7.46. The fourth-order valence-corrected chi connectivity index (χ4v) is 6.72.